The van der Waals surface area contributed by atoms with Gasteiger partial charge in [0.1, 0.15) is 5.60 Å². The molecule has 0 N–H and O–H groups in total. The molecule has 0 bridgehead atoms. The summed E-state index contributed by atoms with van der Waals surface area (Å²) in [6, 6.07) is 0. The number of rotatable bonds is 8. The first-order valence-corrected chi connectivity index (χ1v) is 7.07. The minimum atomic E-state index is -0.631. The second kappa shape index (κ2) is 9.53. The molecule has 0 aliphatic rings. The molecule has 0 aromatic rings. The number of carbonyl (C=O) groups excluding carboxylic acids is 2. The molecule has 116 valence electrons. The van der Waals surface area contributed by atoms with Gasteiger partial charge in [-0.2, -0.15) is 4.89 Å². The third-order valence-electron chi connectivity index (χ3n) is 2.20. The maximum Gasteiger partial charge on any atom is 0.369 e. The van der Waals surface area contributed by atoms with Crippen molar-refractivity contribution in [3.8, 4) is 0 Å². The maximum atomic E-state index is 11.8. The van der Waals surface area contributed by atoms with Gasteiger partial charge in [-0.1, -0.05) is 26.7 Å². The third kappa shape index (κ3) is 9.55. The molecule has 0 fully saturated rings. The fourth-order valence-corrected chi connectivity index (χ4v) is 1.33. The number of hydrogen-bond donors (Lipinski definition) is 0. The van der Waals surface area contributed by atoms with Gasteiger partial charge in [0.25, 0.3) is 0 Å². The van der Waals surface area contributed by atoms with E-state index < -0.39 is 17.5 Å². The van der Waals surface area contributed by atoms with E-state index in [1.54, 1.807) is 20.8 Å². The zero-order chi connectivity index (χ0) is 15.6. The Hall–Kier alpha value is -1.36. The van der Waals surface area contributed by atoms with Crippen molar-refractivity contribution in [2.45, 2.75) is 65.9 Å². The highest BCUT2D eigenvalue weighted by Crippen LogP contribution is 2.12. The van der Waals surface area contributed by atoms with Gasteiger partial charge < -0.3 is 4.74 Å². The van der Waals surface area contributed by atoms with Crippen LogP contribution in [0.3, 0.4) is 0 Å². The zero-order valence-electron chi connectivity index (χ0n) is 13.2. The fraction of sp³-hybridized carbons (Fsp3) is 0.733. The smallest absolute Gasteiger partial charge is 0.369 e. The quantitative estimate of drug-likeness (QED) is 0.225. The Bertz CT molecular complexity index is 339. The highest BCUT2D eigenvalue weighted by atomic mass is 17.2. The molecule has 0 radical (unpaired) electrons. The van der Waals surface area contributed by atoms with Crippen molar-refractivity contribution < 1.29 is 24.1 Å². The summed E-state index contributed by atoms with van der Waals surface area (Å²) in [5.41, 5.74) is -0.329. The molecule has 0 unspecified atom stereocenters. The monoisotopic (exact) mass is 286 g/mol. The summed E-state index contributed by atoms with van der Waals surface area (Å²) in [6.07, 6.45) is 4.10. The van der Waals surface area contributed by atoms with Gasteiger partial charge in [0.15, 0.2) is 0 Å². The van der Waals surface area contributed by atoms with Crippen LogP contribution in [0.1, 0.15) is 60.3 Å². The third-order valence-corrected chi connectivity index (χ3v) is 2.20. The van der Waals surface area contributed by atoms with E-state index in [1.165, 1.54) is 6.08 Å². The first kappa shape index (κ1) is 18.6. The lowest BCUT2D eigenvalue weighted by Gasteiger charge is -2.18. The average molecular weight is 286 g/mol. The van der Waals surface area contributed by atoms with Crippen LogP contribution in [0, 0.1) is 0 Å². The van der Waals surface area contributed by atoms with E-state index in [2.05, 4.69) is 4.89 Å². The van der Waals surface area contributed by atoms with Crippen LogP contribution < -0.4 is 0 Å². The molecule has 0 amide bonds. The van der Waals surface area contributed by atoms with Gasteiger partial charge in [-0.15, -0.1) is 0 Å². The molecule has 0 aromatic heterocycles. The lowest BCUT2D eigenvalue weighted by molar-refractivity contribution is -0.268. The predicted octanol–water partition coefficient (Wildman–Crippen LogP) is 3.33. The molecule has 0 rings (SSSR count). The molecule has 0 aromatic carbocycles. The average Bonchev–Trinajstić information content (AvgIpc) is 2.31. The molecule has 0 aliphatic carbocycles. The number of unbranched alkanes of at least 4 members (excludes halogenated alkanes) is 1. The van der Waals surface area contributed by atoms with E-state index >= 15 is 0 Å². The van der Waals surface area contributed by atoms with Crippen molar-refractivity contribution in [3.05, 3.63) is 11.6 Å². The molecule has 0 heterocycles. The Morgan fingerprint density at radius 1 is 1.10 bits per heavy atom. The first-order valence-electron chi connectivity index (χ1n) is 7.07. The number of esters is 1. The summed E-state index contributed by atoms with van der Waals surface area (Å²) >= 11 is 0. The SMILES string of the molecule is CCCCOOC(=O)C(=CC(=O)OC(C)(C)C)CCC. The molecule has 5 nitrogen and oxygen atoms in total. The van der Waals surface area contributed by atoms with Crippen LogP contribution in [-0.4, -0.2) is 24.1 Å². The van der Waals surface area contributed by atoms with E-state index in [0.29, 0.717) is 13.0 Å². The Kier molecular flexibility index (Phi) is 8.88. The van der Waals surface area contributed by atoms with Crippen LogP contribution in [0.4, 0.5) is 0 Å². The lowest BCUT2D eigenvalue weighted by atomic mass is 10.1. The van der Waals surface area contributed by atoms with Gasteiger partial charge in [-0.05, 0) is 33.6 Å². The van der Waals surface area contributed by atoms with Gasteiger partial charge in [0, 0.05) is 11.6 Å². The Labute approximate surface area is 121 Å². The lowest BCUT2D eigenvalue weighted by Crippen LogP contribution is -2.23. The second-order valence-electron chi connectivity index (χ2n) is 5.50. The Morgan fingerprint density at radius 2 is 1.75 bits per heavy atom. The normalized spacial score (nSPS) is 12.2. The Morgan fingerprint density at radius 3 is 2.25 bits per heavy atom. The summed E-state index contributed by atoms with van der Waals surface area (Å²) in [5, 5.41) is 0. The van der Waals surface area contributed by atoms with Gasteiger partial charge in [0.05, 0.1) is 6.61 Å². The van der Waals surface area contributed by atoms with Crippen molar-refractivity contribution >= 4 is 11.9 Å². The standard InChI is InChI=1S/C15H26O5/c1-6-8-10-18-20-14(17)12(9-7-2)11-13(16)19-15(3,4)5/h11H,6-10H2,1-5H3. The molecule has 0 saturated carbocycles. The van der Waals surface area contributed by atoms with Crippen molar-refractivity contribution in [2.24, 2.45) is 0 Å². The zero-order valence-corrected chi connectivity index (χ0v) is 13.2. The van der Waals surface area contributed by atoms with Crippen LogP contribution in [0.15, 0.2) is 11.6 Å². The highest BCUT2D eigenvalue weighted by Gasteiger charge is 2.18. The minimum Gasteiger partial charge on any atom is -0.457 e. The fourth-order valence-electron chi connectivity index (χ4n) is 1.33. The molecule has 0 saturated heterocycles. The summed E-state index contributed by atoms with van der Waals surface area (Å²) in [6.45, 7) is 9.58. The molecule has 0 atom stereocenters. The van der Waals surface area contributed by atoms with E-state index in [9.17, 15) is 9.59 Å². The van der Waals surface area contributed by atoms with E-state index in [-0.39, 0.29) is 5.57 Å². The van der Waals surface area contributed by atoms with Crippen LogP contribution in [-0.2, 0) is 24.1 Å². The minimum absolute atomic E-state index is 0.262. The topological polar surface area (TPSA) is 61.8 Å². The molecular weight excluding hydrogens is 260 g/mol. The summed E-state index contributed by atoms with van der Waals surface area (Å²) in [4.78, 5) is 32.9. The van der Waals surface area contributed by atoms with Crippen LogP contribution in [0.25, 0.3) is 0 Å². The predicted molar refractivity (Wildman–Crippen MR) is 75.8 cm³/mol. The largest absolute Gasteiger partial charge is 0.457 e. The van der Waals surface area contributed by atoms with Crippen molar-refractivity contribution in [1.82, 2.24) is 0 Å². The summed E-state index contributed by atoms with van der Waals surface area (Å²) < 4.78 is 5.14. The highest BCUT2D eigenvalue weighted by molar-refractivity contribution is 5.96. The first-order chi connectivity index (χ1) is 9.30. The van der Waals surface area contributed by atoms with E-state index in [4.69, 9.17) is 9.62 Å². The summed E-state index contributed by atoms with van der Waals surface area (Å²) in [7, 11) is 0. The van der Waals surface area contributed by atoms with E-state index in [1.807, 2.05) is 13.8 Å². The number of ether oxygens (including phenoxy) is 1. The second-order valence-corrected chi connectivity index (χ2v) is 5.50. The summed E-state index contributed by atoms with van der Waals surface area (Å²) in [5.74, 6) is -1.18. The van der Waals surface area contributed by atoms with Crippen LogP contribution >= 0.6 is 0 Å². The maximum absolute atomic E-state index is 11.8. The van der Waals surface area contributed by atoms with Crippen molar-refractivity contribution in [2.75, 3.05) is 6.61 Å². The number of hydrogen-bond acceptors (Lipinski definition) is 5. The van der Waals surface area contributed by atoms with Gasteiger partial charge in [-0.25, -0.2) is 9.59 Å². The van der Waals surface area contributed by atoms with Gasteiger partial charge in [0.2, 0.25) is 0 Å². The number of carbonyl (C=O) groups is 2. The molecule has 5 heteroatoms. The van der Waals surface area contributed by atoms with E-state index in [0.717, 1.165) is 19.3 Å². The van der Waals surface area contributed by atoms with Gasteiger partial charge in [-0.3, -0.25) is 4.89 Å². The van der Waals surface area contributed by atoms with Crippen LogP contribution in [0.2, 0.25) is 0 Å². The van der Waals surface area contributed by atoms with Crippen molar-refractivity contribution in [3.63, 3.8) is 0 Å². The van der Waals surface area contributed by atoms with Crippen LogP contribution in [0.5, 0.6) is 0 Å². The van der Waals surface area contributed by atoms with Crippen molar-refractivity contribution in [1.29, 1.82) is 0 Å². The van der Waals surface area contributed by atoms with Gasteiger partial charge >= 0.3 is 11.9 Å². The Balaban J connectivity index is 4.53. The molecular formula is C15H26O5. The molecule has 0 aliphatic heterocycles. The molecule has 0 spiro atoms. The molecule has 20 heavy (non-hydrogen) atoms.